The number of carbonyl (C=O) groups is 4. The highest BCUT2D eigenvalue weighted by Gasteiger charge is 2.52. The molecule has 1 atom stereocenters. The van der Waals surface area contributed by atoms with Crippen LogP contribution in [0.25, 0.3) is 21.8 Å². The van der Waals surface area contributed by atoms with Crippen LogP contribution < -0.4 is 30.1 Å². The summed E-state index contributed by atoms with van der Waals surface area (Å²) in [4.78, 5) is 77.7. The van der Waals surface area contributed by atoms with E-state index in [1.165, 1.54) is 51.8 Å². The van der Waals surface area contributed by atoms with E-state index < -0.39 is 79.5 Å². The van der Waals surface area contributed by atoms with Crippen LogP contribution in [0.2, 0.25) is 0 Å². The molecule has 0 aliphatic carbocycles. The number of rotatable bonds is 11. The van der Waals surface area contributed by atoms with E-state index in [2.05, 4.69) is 20.1 Å². The van der Waals surface area contributed by atoms with Gasteiger partial charge < -0.3 is 29.3 Å². The van der Waals surface area contributed by atoms with E-state index in [-0.39, 0.29) is 111 Å². The molecular weight excluding hydrogens is 999 g/mol. The summed E-state index contributed by atoms with van der Waals surface area (Å²) in [5, 5.41) is 29.0. The lowest BCUT2D eigenvalue weighted by Crippen LogP contribution is -2.56. The topological polar surface area (TPSA) is 258 Å². The Morgan fingerprint density at radius 2 is 1.72 bits per heavy atom. The predicted octanol–water partition coefficient (Wildman–Crippen LogP) is 5.24. The average Bonchev–Trinajstić information content (AvgIpc) is 3.90. The Balaban J connectivity index is 0.884. The van der Waals surface area contributed by atoms with Gasteiger partial charge in [-0.3, -0.25) is 38.6 Å². The van der Waals surface area contributed by atoms with Crippen LogP contribution in [0, 0.1) is 23.0 Å². The second kappa shape index (κ2) is 19.7. The summed E-state index contributed by atoms with van der Waals surface area (Å²) in [5.41, 5.74) is -3.07. The molecule has 4 saturated heterocycles. The number of halogens is 2. The Kier molecular flexibility index (Phi) is 13.8. The molecule has 3 aromatic carbocycles. The van der Waals surface area contributed by atoms with Crippen LogP contribution in [0.5, 0.6) is 11.5 Å². The molecule has 3 N–H and O–H groups in total. The first kappa shape index (κ1) is 52.4. The number of amides is 5. The lowest BCUT2D eigenvalue weighted by molar-refractivity contribution is -0.139. The van der Waals surface area contributed by atoms with Gasteiger partial charge in [-0.2, -0.15) is 23.1 Å². The number of nitriles is 1. The number of likely N-dealkylation sites (tertiary alicyclic amines) is 2. The number of urea groups is 1. The molecule has 5 aromatic rings. The number of anilines is 3. The van der Waals surface area contributed by atoms with Crippen LogP contribution in [-0.2, 0) is 31.6 Å². The molecule has 0 radical (unpaired) electrons. The van der Waals surface area contributed by atoms with Crippen molar-refractivity contribution >= 4 is 73.1 Å². The number of nitrogens with one attached hydrogen (secondary N) is 2. The van der Waals surface area contributed by atoms with Crippen LogP contribution >= 0.6 is 0 Å². The fraction of sp³-hybridized carbons (Fsp3) is 0.480. The highest BCUT2D eigenvalue weighted by Crippen LogP contribution is 2.45. The van der Waals surface area contributed by atoms with E-state index in [9.17, 15) is 42.8 Å². The number of aliphatic hydroxyl groups is 1. The van der Waals surface area contributed by atoms with Crippen LogP contribution in [0.3, 0.4) is 0 Å². The van der Waals surface area contributed by atoms with E-state index in [1.807, 2.05) is 6.07 Å². The Morgan fingerprint density at radius 1 is 1.00 bits per heavy atom. The molecule has 1 spiro atoms. The molecule has 0 unspecified atom stereocenters. The van der Waals surface area contributed by atoms with Crippen LogP contribution in [0.15, 0.2) is 53.6 Å². The first-order chi connectivity index (χ1) is 35.4. The smallest absolute Gasteiger partial charge is 0.410 e. The van der Waals surface area contributed by atoms with Crippen LogP contribution in [0.4, 0.5) is 35.6 Å². The molecule has 0 saturated carbocycles. The zero-order valence-electron chi connectivity index (χ0n) is 42.4. The lowest BCUT2D eigenvalue weighted by Gasteiger charge is -2.45. The maximum atomic E-state index is 15.9. The summed E-state index contributed by atoms with van der Waals surface area (Å²) in [6.45, 7) is 8.15. The number of hydrogen-bond acceptors (Lipinski definition) is 14. The summed E-state index contributed by atoms with van der Waals surface area (Å²) in [7, 11) is -1.08. The van der Waals surface area contributed by atoms with Crippen molar-refractivity contribution < 1.29 is 51.0 Å². The van der Waals surface area contributed by atoms with Gasteiger partial charge in [-0.1, -0.05) is 6.92 Å². The molecule has 75 heavy (non-hydrogen) atoms. The molecule has 4 fully saturated rings. The summed E-state index contributed by atoms with van der Waals surface area (Å²) in [6, 6.07) is 9.88. The van der Waals surface area contributed by atoms with Crippen LogP contribution in [-0.4, -0.2) is 141 Å². The van der Waals surface area contributed by atoms with Crippen LogP contribution in [0.1, 0.15) is 84.2 Å². The Labute approximate surface area is 430 Å². The number of nitrogens with zero attached hydrogens (tertiary/aromatic N) is 10. The number of fused-ring (bicyclic) bond motifs is 2. The summed E-state index contributed by atoms with van der Waals surface area (Å²) >= 11 is 0. The Morgan fingerprint density at radius 3 is 2.39 bits per heavy atom. The molecule has 25 heteroatoms. The van der Waals surface area contributed by atoms with Gasteiger partial charge in [-0.05, 0) is 95.3 Å². The van der Waals surface area contributed by atoms with E-state index in [1.54, 1.807) is 55.5 Å². The molecule has 9 rings (SSSR count). The van der Waals surface area contributed by atoms with Crippen molar-refractivity contribution in [1.82, 2.24) is 38.8 Å². The van der Waals surface area contributed by atoms with Gasteiger partial charge in [0.2, 0.25) is 11.8 Å². The van der Waals surface area contributed by atoms with Crippen molar-refractivity contribution in [3.05, 3.63) is 76.3 Å². The molecule has 2 aromatic heterocycles. The highest BCUT2D eigenvalue weighted by molar-refractivity contribution is 7.90. The lowest BCUT2D eigenvalue weighted by atomic mass is 9.83. The minimum atomic E-state index is -4.09. The van der Waals surface area contributed by atoms with Gasteiger partial charge in [0.05, 0.1) is 57.7 Å². The largest absolute Gasteiger partial charge is 0.453 e. The molecule has 6 heterocycles. The Hall–Kier alpha value is -7.43. The van der Waals surface area contributed by atoms with Gasteiger partial charge in [-0.15, -0.1) is 0 Å². The first-order valence-corrected chi connectivity index (χ1v) is 26.0. The fourth-order valence-electron chi connectivity index (χ4n) is 10.4. The second-order valence-corrected chi connectivity index (χ2v) is 22.4. The third-order valence-electron chi connectivity index (χ3n) is 14.6. The van der Waals surface area contributed by atoms with Crippen molar-refractivity contribution in [2.75, 3.05) is 67.4 Å². The van der Waals surface area contributed by atoms with E-state index >= 15 is 8.78 Å². The van der Waals surface area contributed by atoms with Gasteiger partial charge in [0.15, 0.2) is 17.4 Å². The normalized spacial score (nSPS) is 19.0. The number of aromatic nitrogens is 4. The number of hydrogen-bond donors (Lipinski definition) is 3. The molecule has 22 nitrogen and oxygen atoms in total. The zero-order valence-corrected chi connectivity index (χ0v) is 43.2. The number of piperidine rings is 2. The third-order valence-corrected chi connectivity index (χ3v) is 16.2. The molecule has 4 aliphatic heterocycles. The third kappa shape index (κ3) is 10.2. The van der Waals surface area contributed by atoms with Crippen molar-refractivity contribution in [3.8, 4) is 17.6 Å². The van der Waals surface area contributed by atoms with Crippen molar-refractivity contribution in [2.45, 2.75) is 95.4 Å². The van der Waals surface area contributed by atoms with Gasteiger partial charge in [0.1, 0.15) is 28.8 Å². The fourth-order valence-corrected chi connectivity index (χ4v) is 11.4. The van der Waals surface area contributed by atoms with E-state index in [0.29, 0.717) is 30.2 Å². The number of carbonyl (C=O) groups excluding carboxylic acids is 4. The molecule has 398 valence electrons. The number of benzene rings is 3. The summed E-state index contributed by atoms with van der Waals surface area (Å²) < 4.78 is 74.8. The zero-order chi connectivity index (χ0) is 53.9. The molecule has 0 bridgehead atoms. The van der Waals surface area contributed by atoms with Gasteiger partial charge in [0, 0.05) is 71.7 Å². The minimum absolute atomic E-state index is 0.0376. The molecular formula is C50H58F2N12O10S. The van der Waals surface area contributed by atoms with Crippen molar-refractivity contribution in [3.63, 3.8) is 0 Å². The van der Waals surface area contributed by atoms with E-state index in [4.69, 9.17) is 9.47 Å². The summed E-state index contributed by atoms with van der Waals surface area (Å²) in [6.07, 6.45) is 2.05. The van der Waals surface area contributed by atoms with Crippen molar-refractivity contribution in [1.29, 1.82) is 5.26 Å². The monoisotopic (exact) mass is 1060 g/mol. The highest BCUT2D eigenvalue weighted by atomic mass is 32.2. The minimum Gasteiger partial charge on any atom is -0.453 e. The van der Waals surface area contributed by atoms with Crippen molar-refractivity contribution in [2.24, 2.45) is 7.05 Å². The standard InChI is InChI=1S/C50H58F2N12O10S/c1-7-58(5)75(71,72)57-38-11-9-35(51)43(34(38)27-53)73-31-8-10-37-32(22-31)45(67)63(29-54-37)30-25-49(64(28-30)47(69)74-48(2,3)4)13-18-61(19-14-49)42(66)26-50(70)15-20-60(21-16-50)40-24-39-33(23-36(40)52)44(56-59(39)6)62-17-12-41(65)55-46(62)68/h8-11,22-24,29-30,57,70H,7,12-21,25-26,28H2,1-6H3,(H,55,65,68)/t30-/m1/s1. The Bertz CT molecular complexity index is 3360. The maximum Gasteiger partial charge on any atom is 0.410 e. The van der Waals surface area contributed by atoms with Gasteiger partial charge in [-0.25, -0.2) is 23.4 Å². The maximum absolute atomic E-state index is 15.9. The molecule has 5 amide bonds. The van der Waals surface area contributed by atoms with E-state index in [0.717, 1.165) is 16.4 Å². The number of aryl methyl sites for hydroxylation is 1. The SMILES string of the molecule is CCN(C)S(=O)(=O)Nc1ccc(F)c(Oc2ccc3ncn([C@H]4CN(C(=O)OC(C)(C)C)C5(CCN(C(=O)CC6(O)CCN(c7cc8c(cc7F)c(N7CCC(=O)NC7=O)nn8C)CC6)CC5)C4)c(=O)c3c2)c1C#N. The van der Waals surface area contributed by atoms with Gasteiger partial charge in [0.25, 0.3) is 5.56 Å². The van der Waals surface area contributed by atoms with Gasteiger partial charge >= 0.3 is 22.3 Å². The number of ether oxygens (including phenoxy) is 2. The second-order valence-electron chi connectivity index (χ2n) is 20.6. The quantitative estimate of drug-likeness (QED) is 0.153. The predicted molar refractivity (Wildman–Crippen MR) is 270 cm³/mol. The first-order valence-electron chi connectivity index (χ1n) is 24.6. The number of imide groups is 1. The average molecular weight is 1060 g/mol. The summed E-state index contributed by atoms with van der Waals surface area (Å²) in [5.74, 6) is -2.55. The molecule has 4 aliphatic rings.